The summed E-state index contributed by atoms with van der Waals surface area (Å²) in [6.07, 6.45) is 0. The average Bonchev–Trinajstić information content (AvgIpc) is 0.915. The Kier molecular flexibility index (Phi) is 50.1. The molecule has 31 heteroatoms. The van der Waals surface area contributed by atoms with Crippen LogP contribution in [0.2, 0.25) is 0 Å². The molecular weight excluding hydrogens is 1870 g/mol. The van der Waals surface area contributed by atoms with Crippen molar-refractivity contribution in [3.63, 3.8) is 0 Å². The molecule has 0 unspecified atom stereocenters. The minimum atomic E-state index is -2.61. The maximum absolute atomic E-state index is 5.56. The molecule has 0 saturated carbocycles. The Morgan fingerprint density at radius 3 is 0.261 bits per heavy atom. The monoisotopic (exact) mass is 1950 g/mol. The van der Waals surface area contributed by atoms with Gasteiger partial charge in [-0.05, 0) is 66.8 Å². The fourth-order valence-electron chi connectivity index (χ4n) is 8.96. The molecule has 0 radical (unpaired) electrons. The SMILES string of the molecule is S=P([S-])(OCc1ccccc1)OCc1ccccc1.S=P([S-])(OCc1ccccc1)OCc1ccccc1.S=P([S-])(OCc1ccccc1)OCc1ccccc1.S=P([S-])(OCc1ccccc1)OCc1ccccc1.S=P([S-])(OCc1ccccc1)OCc1ccccc1.S=P([S-])(OCc1ccccc1)OCc1ccccc1.[Mo]. The Morgan fingerprint density at radius 2 is 0.200 bits per heavy atom. The van der Waals surface area contributed by atoms with E-state index < -0.39 is 34.2 Å². The topological polar surface area (TPSA) is 111 Å². The zero-order valence-electron chi connectivity index (χ0n) is 62.0. The van der Waals surface area contributed by atoms with Crippen molar-refractivity contribution in [2.45, 2.75) is 79.3 Å². The average molecular weight is 1950 g/mol. The van der Waals surface area contributed by atoms with Gasteiger partial charge in [-0.3, -0.25) is 0 Å². The van der Waals surface area contributed by atoms with E-state index in [1.807, 2.05) is 364 Å². The van der Waals surface area contributed by atoms with Crippen LogP contribution in [0.15, 0.2) is 364 Å². The van der Waals surface area contributed by atoms with Crippen LogP contribution in [0.25, 0.3) is 0 Å². The first kappa shape index (κ1) is 101. The van der Waals surface area contributed by atoms with E-state index in [-0.39, 0.29) is 21.1 Å². The van der Waals surface area contributed by atoms with E-state index >= 15 is 0 Å². The number of hydrogen-bond donors (Lipinski definition) is 0. The van der Waals surface area contributed by atoms with Gasteiger partial charge in [-0.2, -0.15) is 0 Å². The van der Waals surface area contributed by atoms with Crippen LogP contribution < -0.4 is 0 Å². The van der Waals surface area contributed by atoms with Gasteiger partial charge in [0.15, 0.2) is 0 Å². The summed E-state index contributed by atoms with van der Waals surface area (Å²) < 4.78 is 66.7. The molecule has 0 aliphatic rings. The number of rotatable bonds is 36. The van der Waals surface area contributed by atoms with Crippen LogP contribution in [-0.2, 0) is 299 Å². The second-order valence-electron chi connectivity index (χ2n) is 23.8. The van der Waals surface area contributed by atoms with Crippen LogP contribution in [-0.4, -0.2) is 0 Å². The second-order valence-corrected chi connectivity index (χ2v) is 53.7. The summed E-state index contributed by atoms with van der Waals surface area (Å²) in [5.74, 6) is 0. The number of benzene rings is 12. The molecule has 0 amide bonds. The smallest absolute Gasteiger partial charge is 0.0773 e. The quantitative estimate of drug-likeness (QED) is 0.0211. The summed E-state index contributed by atoms with van der Waals surface area (Å²) in [7, 11) is 0. The Balaban J connectivity index is 0.000000214. The van der Waals surface area contributed by atoms with Crippen molar-refractivity contribution in [1.82, 2.24) is 0 Å². The van der Waals surface area contributed by atoms with Crippen molar-refractivity contribution in [3.05, 3.63) is 431 Å². The van der Waals surface area contributed by atoms with E-state index in [2.05, 4.69) is 0 Å². The van der Waals surface area contributed by atoms with Crippen LogP contribution in [0.1, 0.15) is 66.8 Å². The minimum Gasteiger partial charge on any atom is -0.691 e. The minimum absolute atomic E-state index is 0. The van der Waals surface area contributed by atoms with E-state index in [4.69, 9.17) is 199 Å². The molecule has 606 valence electrons. The van der Waals surface area contributed by atoms with Gasteiger partial charge < -0.3 is 128 Å². The predicted molar refractivity (Wildman–Crippen MR) is 505 cm³/mol. The van der Waals surface area contributed by atoms with Crippen molar-refractivity contribution in [3.8, 4) is 0 Å². The van der Waals surface area contributed by atoms with Crippen LogP contribution in [0.5, 0.6) is 0 Å². The molecule has 12 nitrogen and oxygen atoms in total. The third kappa shape index (κ3) is 48.3. The predicted octanol–water partition coefficient (Wildman–Crippen LogP) is 25.1. The molecule has 0 aromatic heterocycles. The standard InChI is InChI=1S/6C14H15O2PS2.Mo/c6*18-17(19,15-11-13-7-3-1-4-8-13)16-12-14-9-5-2-6-10-14;/h6*1-10H,11-12H2,(H,18,19);/p-6. The molecule has 0 N–H and O–H groups in total. The van der Waals surface area contributed by atoms with Crippen molar-refractivity contribution in [2.75, 3.05) is 0 Å². The summed E-state index contributed by atoms with van der Waals surface area (Å²) >= 11 is 62.7. The molecule has 12 aromatic rings. The normalized spacial score (nSPS) is 11.3. The van der Waals surface area contributed by atoms with Crippen LogP contribution in [0.3, 0.4) is 0 Å². The fourth-order valence-corrected chi connectivity index (χ4v) is 16.9. The van der Waals surface area contributed by atoms with E-state index in [1.165, 1.54) is 0 Å². The number of hydrogen-bond acceptors (Lipinski definition) is 24. The summed E-state index contributed by atoms with van der Waals surface area (Å²) in [6.45, 7) is 4.79. The second kappa shape index (κ2) is 57.3. The van der Waals surface area contributed by atoms with Gasteiger partial charge in [0.05, 0.1) is 113 Å². The van der Waals surface area contributed by atoms with Gasteiger partial charge in [0.2, 0.25) is 0 Å². The zero-order chi connectivity index (χ0) is 81.3. The zero-order valence-corrected chi connectivity index (χ0v) is 79.2. The first-order valence-electron chi connectivity index (χ1n) is 35.0. The van der Waals surface area contributed by atoms with Crippen molar-refractivity contribution in [1.29, 1.82) is 0 Å². The third-order valence-corrected chi connectivity index (χ3v) is 27.7. The Labute approximate surface area is 755 Å². The van der Waals surface area contributed by atoms with Gasteiger partial charge in [0.1, 0.15) is 0 Å². The van der Waals surface area contributed by atoms with Crippen molar-refractivity contribution < 1.29 is 75.4 Å². The summed E-state index contributed by atoms with van der Waals surface area (Å²) in [6, 6.07) is 118. The van der Waals surface area contributed by atoms with E-state index in [0.717, 1.165) is 66.8 Å². The largest absolute Gasteiger partial charge is 0.691 e. The van der Waals surface area contributed by atoms with Gasteiger partial charge in [-0.15, -0.1) is 0 Å². The Bertz CT molecular complexity index is 3800. The maximum atomic E-state index is 5.56. The van der Waals surface area contributed by atoms with E-state index in [9.17, 15) is 0 Å². The van der Waals surface area contributed by atoms with Crippen molar-refractivity contribution in [2.24, 2.45) is 0 Å². The van der Waals surface area contributed by atoms with Gasteiger partial charge in [0, 0.05) is 21.1 Å². The molecule has 0 fully saturated rings. The van der Waals surface area contributed by atoms with Gasteiger partial charge in [0.25, 0.3) is 0 Å². The molecule has 0 atom stereocenters. The molecule has 0 saturated heterocycles. The van der Waals surface area contributed by atoms with E-state index in [1.54, 1.807) is 0 Å². The molecule has 0 bridgehead atoms. The Morgan fingerprint density at radius 1 is 0.139 bits per heavy atom. The third-order valence-electron chi connectivity index (χ3n) is 14.8. The Hall–Kier alpha value is -3.15. The first-order chi connectivity index (χ1) is 54.9. The molecule has 0 spiro atoms. The van der Waals surface area contributed by atoms with Gasteiger partial charge in [-0.1, -0.05) is 435 Å². The molecule has 0 aliphatic heterocycles. The van der Waals surface area contributed by atoms with Crippen LogP contribution in [0, 0.1) is 0 Å². The first-order valence-corrected chi connectivity index (χ1v) is 56.9. The van der Waals surface area contributed by atoms with Gasteiger partial charge in [-0.25, -0.2) is 0 Å². The summed E-state index contributed by atoms with van der Waals surface area (Å²) in [5, 5.41) is 0. The molecule has 115 heavy (non-hydrogen) atoms. The summed E-state index contributed by atoms with van der Waals surface area (Å²) in [4.78, 5) is 0. The van der Waals surface area contributed by atoms with E-state index in [0.29, 0.717) is 79.3 Å². The fraction of sp³-hybridized carbons (Fsp3) is 0.143. The molecule has 12 rings (SSSR count). The van der Waals surface area contributed by atoms with Crippen LogP contribution >= 0.6 is 34.2 Å². The molecule has 12 aromatic carbocycles. The molecule has 0 heterocycles. The molecule has 0 aliphatic carbocycles. The maximum Gasteiger partial charge on any atom is 0.0773 e. The van der Waals surface area contributed by atoms with Crippen LogP contribution in [0.4, 0.5) is 0 Å². The van der Waals surface area contributed by atoms with Gasteiger partial charge >= 0.3 is 0 Å². The summed E-state index contributed by atoms with van der Waals surface area (Å²) in [5.41, 5.74) is -3.09. The molecular formula is C84H84MoO12P6S12-6. The van der Waals surface area contributed by atoms with Crippen molar-refractivity contribution >= 4 is 178 Å².